The highest BCUT2D eigenvalue weighted by Crippen LogP contribution is 2.13. The van der Waals surface area contributed by atoms with E-state index in [9.17, 15) is 0 Å². The molecule has 0 spiro atoms. The second kappa shape index (κ2) is 6.45. The molecule has 6 heteroatoms. The molecule has 2 unspecified atom stereocenters. The number of likely N-dealkylation sites (N-methyl/N-ethyl adjacent to an activating group) is 3. The van der Waals surface area contributed by atoms with Crippen LogP contribution in [0.5, 0.6) is 0 Å². The van der Waals surface area contributed by atoms with E-state index in [1.165, 1.54) is 0 Å². The second-order valence-electron chi connectivity index (χ2n) is 5.48. The number of hydrogen-bond donors (Lipinski definition) is 1. The number of nitrogens with one attached hydrogen (secondary N) is 1. The van der Waals surface area contributed by atoms with E-state index in [2.05, 4.69) is 46.2 Å². The van der Waals surface area contributed by atoms with Crippen molar-refractivity contribution < 1.29 is 0 Å². The van der Waals surface area contributed by atoms with E-state index in [0.717, 1.165) is 38.4 Å². The molecule has 0 bridgehead atoms. The fourth-order valence-electron chi connectivity index (χ4n) is 2.79. The second-order valence-corrected chi connectivity index (χ2v) is 5.48. The standard InChI is InChI=1S/C13H26N6/c1-5-14-11(8-13-15-10-16-19(13)4)12-9-17(2)6-7-18(12)3/h10-12,14H,5-9H2,1-4H3. The number of aromatic nitrogens is 3. The molecule has 2 heterocycles. The number of hydrogen-bond acceptors (Lipinski definition) is 5. The molecule has 0 amide bonds. The van der Waals surface area contributed by atoms with Gasteiger partial charge in [-0.1, -0.05) is 6.92 Å². The highest BCUT2D eigenvalue weighted by Gasteiger charge is 2.30. The average Bonchev–Trinajstić information content (AvgIpc) is 2.78. The zero-order chi connectivity index (χ0) is 13.8. The third kappa shape index (κ3) is 3.52. The van der Waals surface area contributed by atoms with Crippen LogP contribution >= 0.6 is 0 Å². The summed E-state index contributed by atoms with van der Waals surface area (Å²) in [7, 11) is 6.38. The van der Waals surface area contributed by atoms with E-state index >= 15 is 0 Å². The predicted molar refractivity (Wildman–Crippen MR) is 76.1 cm³/mol. The van der Waals surface area contributed by atoms with Gasteiger partial charge in [0, 0.05) is 45.2 Å². The van der Waals surface area contributed by atoms with Gasteiger partial charge >= 0.3 is 0 Å². The Kier molecular flexibility index (Phi) is 4.90. The van der Waals surface area contributed by atoms with Crippen LogP contribution in [-0.4, -0.2) is 76.9 Å². The molecular weight excluding hydrogens is 240 g/mol. The first-order valence-corrected chi connectivity index (χ1v) is 7.06. The first kappa shape index (κ1) is 14.4. The summed E-state index contributed by atoms with van der Waals surface area (Å²) in [5.74, 6) is 1.05. The molecule has 1 aliphatic rings. The normalized spacial score (nSPS) is 23.7. The Bertz CT molecular complexity index is 390. The van der Waals surface area contributed by atoms with Crippen molar-refractivity contribution in [2.45, 2.75) is 25.4 Å². The van der Waals surface area contributed by atoms with Crippen LogP contribution in [0, 0.1) is 0 Å². The molecule has 0 saturated carbocycles. The van der Waals surface area contributed by atoms with Crippen molar-refractivity contribution in [3.63, 3.8) is 0 Å². The highest BCUT2D eigenvalue weighted by atomic mass is 15.3. The van der Waals surface area contributed by atoms with Crippen LogP contribution in [-0.2, 0) is 13.5 Å². The molecule has 108 valence electrons. The Morgan fingerprint density at radius 1 is 1.37 bits per heavy atom. The van der Waals surface area contributed by atoms with Crippen LogP contribution in [0.3, 0.4) is 0 Å². The van der Waals surface area contributed by atoms with Crippen molar-refractivity contribution in [2.24, 2.45) is 7.05 Å². The average molecular weight is 266 g/mol. The van der Waals surface area contributed by atoms with Gasteiger partial charge < -0.3 is 10.2 Å². The van der Waals surface area contributed by atoms with Crippen LogP contribution < -0.4 is 5.32 Å². The zero-order valence-electron chi connectivity index (χ0n) is 12.5. The molecular formula is C13H26N6. The van der Waals surface area contributed by atoms with Gasteiger partial charge in [-0.2, -0.15) is 5.10 Å². The lowest BCUT2D eigenvalue weighted by Crippen LogP contribution is -2.59. The minimum Gasteiger partial charge on any atom is -0.312 e. The molecule has 1 saturated heterocycles. The zero-order valence-corrected chi connectivity index (χ0v) is 12.5. The lowest BCUT2D eigenvalue weighted by molar-refractivity contribution is 0.0873. The molecule has 0 aromatic carbocycles. The summed E-state index contributed by atoms with van der Waals surface area (Å²) in [6.45, 7) is 6.52. The molecule has 0 aliphatic carbocycles. The van der Waals surface area contributed by atoms with Gasteiger partial charge in [0.05, 0.1) is 0 Å². The summed E-state index contributed by atoms with van der Waals surface area (Å²) in [6.07, 6.45) is 2.56. The summed E-state index contributed by atoms with van der Waals surface area (Å²) in [5.41, 5.74) is 0. The number of aryl methyl sites for hydroxylation is 1. The molecule has 1 aromatic heterocycles. The van der Waals surface area contributed by atoms with Crippen molar-refractivity contribution in [2.75, 3.05) is 40.3 Å². The van der Waals surface area contributed by atoms with Gasteiger partial charge in [-0.25, -0.2) is 4.98 Å². The molecule has 0 radical (unpaired) electrons. The van der Waals surface area contributed by atoms with E-state index in [-0.39, 0.29) is 0 Å². The van der Waals surface area contributed by atoms with E-state index in [4.69, 9.17) is 0 Å². The van der Waals surface area contributed by atoms with Gasteiger partial charge in [0.15, 0.2) is 0 Å². The van der Waals surface area contributed by atoms with Crippen LogP contribution in [0.4, 0.5) is 0 Å². The molecule has 1 fully saturated rings. The molecule has 1 N–H and O–H groups in total. The predicted octanol–water partition coefficient (Wildman–Crippen LogP) is -0.418. The summed E-state index contributed by atoms with van der Waals surface area (Å²) >= 11 is 0. The quantitative estimate of drug-likeness (QED) is 0.784. The maximum absolute atomic E-state index is 4.36. The van der Waals surface area contributed by atoms with E-state index in [0.29, 0.717) is 12.1 Å². The van der Waals surface area contributed by atoms with Crippen molar-refractivity contribution in [1.29, 1.82) is 0 Å². The molecule has 1 aliphatic heterocycles. The van der Waals surface area contributed by atoms with Crippen LogP contribution in [0.1, 0.15) is 12.7 Å². The van der Waals surface area contributed by atoms with Crippen LogP contribution in [0.25, 0.3) is 0 Å². The Balaban J connectivity index is 2.08. The summed E-state index contributed by atoms with van der Waals surface area (Å²) in [6, 6.07) is 0.941. The first-order chi connectivity index (χ1) is 9.11. The monoisotopic (exact) mass is 266 g/mol. The Labute approximate surface area is 115 Å². The third-order valence-electron chi connectivity index (χ3n) is 4.04. The van der Waals surface area contributed by atoms with Crippen molar-refractivity contribution in [3.8, 4) is 0 Å². The van der Waals surface area contributed by atoms with E-state index in [1.54, 1.807) is 6.33 Å². The minimum atomic E-state index is 0.417. The van der Waals surface area contributed by atoms with Crippen molar-refractivity contribution in [1.82, 2.24) is 29.9 Å². The Morgan fingerprint density at radius 3 is 2.79 bits per heavy atom. The highest BCUT2D eigenvalue weighted by molar-refractivity contribution is 4.96. The lowest BCUT2D eigenvalue weighted by atomic mass is 10.0. The van der Waals surface area contributed by atoms with E-state index < -0.39 is 0 Å². The van der Waals surface area contributed by atoms with E-state index in [1.807, 2.05) is 11.7 Å². The van der Waals surface area contributed by atoms with Crippen LogP contribution in [0.2, 0.25) is 0 Å². The molecule has 6 nitrogen and oxygen atoms in total. The van der Waals surface area contributed by atoms with Gasteiger partial charge in [-0.15, -0.1) is 0 Å². The maximum Gasteiger partial charge on any atom is 0.138 e. The van der Waals surface area contributed by atoms with Gasteiger partial charge in [0.25, 0.3) is 0 Å². The molecule has 2 rings (SSSR count). The van der Waals surface area contributed by atoms with Gasteiger partial charge in [0.2, 0.25) is 0 Å². The van der Waals surface area contributed by atoms with Gasteiger partial charge in [-0.3, -0.25) is 9.58 Å². The smallest absolute Gasteiger partial charge is 0.138 e. The van der Waals surface area contributed by atoms with Gasteiger partial charge in [-0.05, 0) is 20.6 Å². The maximum atomic E-state index is 4.36. The lowest BCUT2D eigenvalue weighted by Gasteiger charge is -2.42. The molecule has 2 atom stereocenters. The summed E-state index contributed by atoms with van der Waals surface area (Å²) in [4.78, 5) is 9.23. The fourth-order valence-corrected chi connectivity index (χ4v) is 2.79. The topological polar surface area (TPSA) is 49.2 Å². The summed E-state index contributed by atoms with van der Waals surface area (Å²) < 4.78 is 1.87. The summed E-state index contributed by atoms with van der Waals surface area (Å²) in [5, 5.41) is 7.78. The Morgan fingerprint density at radius 2 is 2.16 bits per heavy atom. The third-order valence-corrected chi connectivity index (χ3v) is 4.04. The number of rotatable bonds is 5. The van der Waals surface area contributed by atoms with Crippen LogP contribution in [0.15, 0.2) is 6.33 Å². The molecule has 19 heavy (non-hydrogen) atoms. The Hall–Kier alpha value is -0.980. The van der Waals surface area contributed by atoms with Crippen molar-refractivity contribution >= 4 is 0 Å². The number of piperazine rings is 1. The van der Waals surface area contributed by atoms with Crippen molar-refractivity contribution in [3.05, 3.63) is 12.2 Å². The largest absolute Gasteiger partial charge is 0.312 e. The minimum absolute atomic E-state index is 0.417. The fraction of sp³-hybridized carbons (Fsp3) is 0.846. The number of nitrogens with zero attached hydrogens (tertiary/aromatic N) is 5. The molecule has 1 aromatic rings. The SMILES string of the molecule is CCNC(Cc1ncnn1C)C1CN(C)CCN1C. The van der Waals surface area contributed by atoms with Gasteiger partial charge in [0.1, 0.15) is 12.2 Å². The first-order valence-electron chi connectivity index (χ1n) is 7.06.